The van der Waals surface area contributed by atoms with Crippen LogP contribution in [0.4, 0.5) is 0 Å². The Balaban J connectivity index is 4.79. The van der Waals surface area contributed by atoms with Crippen LogP contribution < -0.4 is 22.5 Å². The molecule has 0 rings (SSSR count). The number of aliphatic carboxylic acids is 3. The SMILES string of the molecule is NC(N)=NCCC[C@H](NC(N)(CC(=O)O)C(=O)O)C(=O)O. The van der Waals surface area contributed by atoms with Gasteiger partial charge in [-0.25, -0.2) is 4.79 Å². The van der Waals surface area contributed by atoms with E-state index in [1.165, 1.54) is 0 Å². The summed E-state index contributed by atoms with van der Waals surface area (Å²) in [5.41, 5.74) is 13.2. The molecule has 1 unspecified atom stereocenters. The molecule has 0 aromatic rings. The maximum atomic E-state index is 11.1. The van der Waals surface area contributed by atoms with Crippen LogP contribution in [0.15, 0.2) is 4.99 Å². The molecule has 0 aromatic carbocycles. The van der Waals surface area contributed by atoms with Gasteiger partial charge in [-0.15, -0.1) is 0 Å². The van der Waals surface area contributed by atoms with E-state index in [4.69, 9.17) is 32.5 Å². The molecule has 10 N–H and O–H groups in total. The molecule has 0 bridgehead atoms. The van der Waals surface area contributed by atoms with Crippen molar-refractivity contribution in [1.82, 2.24) is 5.32 Å². The fourth-order valence-corrected chi connectivity index (χ4v) is 1.50. The van der Waals surface area contributed by atoms with Gasteiger partial charge in [0.25, 0.3) is 0 Å². The molecule has 0 aromatic heterocycles. The molecule has 0 amide bonds. The molecular weight excluding hydrogens is 286 g/mol. The van der Waals surface area contributed by atoms with Gasteiger partial charge in [0, 0.05) is 6.54 Å². The first-order chi connectivity index (χ1) is 9.58. The van der Waals surface area contributed by atoms with E-state index >= 15 is 0 Å². The van der Waals surface area contributed by atoms with Crippen LogP contribution in [0.1, 0.15) is 19.3 Å². The summed E-state index contributed by atoms with van der Waals surface area (Å²) in [6.07, 6.45) is -0.761. The van der Waals surface area contributed by atoms with Crippen molar-refractivity contribution in [1.29, 1.82) is 0 Å². The summed E-state index contributed by atoms with van der Waals surface area (Å²) in [4.78, 5) is 36.4. The van der Waals surface area contributed by atoms with E-state index in [0.717, 1.165) is 0 Å². The molecule has 0 aliphatic heterocycles. The Hall–Kier alpha value is -2.40. The molecule has 2 atom stereocenters. The molecule has 0 spiro atoms. The van der Waals surface area contributed by atoms with Crippen molar-refractivity contribution in [3.8, 4) is 0 Å². The van der Waals surface area contributed by atoms with Gasteiger partial charge in [-0.3, -0.25) is 19.9 Å². The van der Waals surface area contributed by atoms with E-state index in [1.807, 2.05) is 0 Å². The number of carboxylic acid groups (broad SMARTS) is 3. The third-order valence-corrected chi connectivity index (χ3v) is 2.49. The Kier molecular flexibility index (Phi) is 7.10. The Bertz CT molecular complexity index is 436. The van der Waals surface area contributed by atoms with Gasteiger partial charge in [0.15, 0.2) is 11.6 Å². The summed E-state index contributed by atoms with van der Waals surface area (Å²) in [5.74, 6) is -4.65. The fraction of sp³-hybridized carbons (Fsp3) is 0.600. The van der Waals surface area contributed by atoms with Crippen LogP contribution in [0.25, 0.3) is 0 Å². The standard InChI is InChI=1S/C10H19N5O6/c11-9(12)14-3-1-2-5(7(18)19)15-10(13,8(20)21)4-6(16)17/h5,15H,1-4,13H2,(H,16,17)(H,18,19)(H,20,21)(H4,11,12,14)/t5-,10?/m0/s1. The molecule has 0 radical (unpaired) electrons. The van der Waals surface area contributed by atoms with Gasteiger partial charge in [-0.1, -0.05) is 0 Å². The lowest BCUT2D eigenvalue weighted by Gasteiger charge is -2.28. The average Bonchev–Trinajstić information content (AvgIpc) is 2.31. The summed E-state index contributed by atoms with van der Waals surface area (Å²) in [5, 5.41) is 28.8. The quantitative estimate of drug-likeness (QED) is 0.0958. The number of nitrogens with one attached hydrogen (secondary N) is 1. The Labute approximate surface area is 119 Å². The normalized spacial score (nSPS) is 14.7. The lowest BCUT2D eigenvalue weighted by Crippen LogP contribution is -2.65. The first-order valence-corrected chi connectivity index (χ1v) is 5.88. The third kappa shape index (κ3) is 7.08. The highest BCUT2D eigenvalue weighted by Gasteiger charge is 2.40. The van der Waals surface area contributed by atoms with Gasteiger partial charge < -0.3 is 32.5 Å². The molecule has 11 nitrogen and oxygen atoms in total. The van der Waals surface area contributed by atoms with E-state index in [0.29, 0.717) is 0 Å². The van der Waals surface area contributed by atoms with Crippen LogP contribution in [0.2, 0.25) is 0 Å². The number of carbonyl (C=O) groups is 3. The topological polar surface area (TPSA) is 214 Å². The van der Waals surface area contributed by atoms with Crippen LogP contribution in [0.5, 0.6) is 0 Å². The number of nitrogens with zero attached hydrogens (tertiary/aromatic N) is 1. The second-order valence-corrected chi connectivity index (χ2v) is 4.33. The van der Waals surface area contributed by atoms with Crippen molar-refractivity contribution >= 4 is 23.9 Å². The largest absolute Gasteiger partial charge is 0.481 e. The van der Waals surface area contributed by atoms with Gasteiger partial charge in [-0.05, 0) is 12.8 Å². The lowest BCUT2D eigenvalue weighted by atomic mass is 10.0. The van der Waals surface area contributed by atoms with Gasteiger partial charge >= 0.3 is 17.9 Å². The monoisotopic (exact) mass is 305 g/mol. The first kappa shape index (κ1) is 18.6. The average molecular weight is 305 g/mol. The Morgan fingerprint density at radius 3 is 2.14 bits per heavy atom. The number of aliphatic imine (C=N–C) groups is 1. The van der Waals surface area contributed by atoms with E-state index in [1.54, 1.807) is 0 Å². The van der Waals surface area contributed by atoms with Crippen LogP contribution >= 0.6 is 0 Å². The second kappa shape index (κ2) is 8.01. The van der Waals surface area contributed by atoms with Gasteiger partial charge in [0.05, 0.1) is 6.42 Å². The minimum atomic E-state index is -2.38. The number of rotatable bonds is 10. The molecule has 0 heterocycles. The van der Waals surface area contributed by atoms with Crippen molar-refractivity contribution in [2.75, 3.05) is 6.54 Å². The van der Waals surface area contributed by atoms with Gasteiger partial charge in [0.2, 0.25) is 0 Å². The Morgan fingerprint density at radius 2 is 1.76 bits per heavy atom. The molecule has 11 heteroatoms. The molecule has 0 saturated heterocycles. The van der Waals surface area contributed by atoms with Crippen LogP contribution in [0, 0.1) is 0 Å². The minimum Gasteiger partial charge on any atom is -0.481 e. The number of hydrogen-bond donors (Lipinski definition) is 7. The third-order valence-electron chi connectivity index (χ3n) is 2.49. The zero-order valence-electron chi connectivity index (χ0n) is 11.2. The number of nitrogens with two attached hydrogens (primary N) is 3. The zero-order valence-corrected chi connectivity index (χ0v) is 11.2. The molecular formula is C10H19N5O6. The van der Waals surface area contributed by atoms with E-state index in [2.05, 4.69) is 10.3 Å². The number of guanidine groups is 1. The minimum absolute atomic E-state index is 0.0298. The molecule has 120 valence electrons. The van der Waals surface area contributed by atoms with Crippen molar-refractivity contribution < 1.29 is 29.7 Å². The number of carboxylic acids is 3. The summed E-state index contributed by atoms with van der Waals surface area (Å²) in [6, 6.07) is -1.35. The summed E-state index contributed by atoms with van der Waals surface area (Å²) in [6.45, 7) is 0.150. The van der Waals surface area contributed by atoms with E-state index in [9.17, 15) is 14.4 Å². The first-order valence-electron chi connectivity index (χ1n) is 5.88. The van der Waals surface area contributed by atoms with Crippen molar-refractivity contribution in [2.24, 2.45) is 22.2 Å². The van der Waals surface area contributed by atoms with Gasteiger partial charge in [-0.2, -0.15) is 0 Å². The predicted octanol–water partition coefficient (Wildman–Crippen LogP) is -2.70. The molecule has 0 aliphatic rings. The van der Waals surface area contributed by atoms with Crippen molar-refractivity contribution in [3.63, 3.8) is 0 Å². The molecule has 0 saturated carbocycles. The highest BCUT2D eigenvalue weighted by molar-refractivity contribution is 5.85. The molecule has 0 fully saturated rings. The van der Waals surface area contributed by atoms with Gasteiger partial charge in [0.1, 0.15) is 6.04 Å². The van der Waals surface area contributed by atoms with Crippen LogP contribution in [-0.4, -0.2) is 57.4 Å². The highest BCUT2D eigenvalue weighted by atomic mass is 16.4. The second-order valence-electron chi connectivity index (χ2n) is 4.33. The van der Waals surface area contributed by atoms with E-state index in [-0.39, 0.29) is 25.3 Å². The molecule has 21 heavy (non-hydrogen) atoms. The summed E-state index contributed by atoms with van der Waals surface area (Å²) < 4.78 is 0. The maximum Gasteiger partial charge on any atom is 0.339 e. The number of hydrogen-bond acceptors (Lipinski definition) is 6. The van der Waals surface area contributed by atoms with Crippen molar-refractivity contribution in [3.05, 3.63) is 0 Å². The molecule has 0 aliphatic carbocycles. The smallest absolute Gasteiger partial charge is 0.339 e. The summed E-state index contributed by atoms with van der Waals surface area (Å²) in [7, 11) is 0. The van der Waals surface area contributed by atoms with Crippen molar-refractivity contribution in [2.45, 2.75) is 31.0 Å². The van der Waals surface area contributed by atoms with E-state index < -0.39 is 36.0 Å². The highest BCUT2D eigenvalue weighted by Crippen LogP contribution is 2.09. The fourth-order valence-electron chi connectivity index (χ4n) is 1.50. The predicted molar refractivity (Wildman–Crippen MR) is 71.3 cm³/mol. The summed E-state index contributed by atoms with van der Waals surface area (Å²) >= 11 is 0. The lowest BCUT2D eigenvalue weighted by molar-refractivity contribution is -0.153. The Morgan fingerprint density at radius 1 is 1.19 bits per heavy atom. The zero-order chi connectivity index (χ0) is 16.6. The van der Waals surface area contributed by atoms with Crippen LogP contribution in [-0.2, 0) is 14.4 Å². The maximum absolute atomic E-state index is 11.1. The van der Waals surface area contributed by atoms with Crippen LogP contribution in [0.3, 0.4) is 0 Å².